The third kappa shape index (κ3) is 2.22. The van der Waals surface area contributed by atoms with Crippen molar-refractivity contribution in [2.75, 3.05) is 20.1 Å². The second kappa shape index (κ2) is 4.22. The van der Waals surface area contributed by atoms with Gasteiger partial charge in [-0.2, -0.15) is 0 Å². The zero-order valence-electron chi connectivity index (χ0n) is 9.52. The third-order valence-electron chi connectivity index (χ3n) is 3.22. The Labute approximate surface area is 95.5 Å². The number of hydrogen-bond acceptors (Lipinski definition) is 3. The van der Waals surface area contributed by atoms with Crippen LogP contribution >= 0.6 is 0 Å². The van der Waals surface area contributed by atoms with Crippen molar-refractivity contribution in [2.45, 2.75) is 12.8 Å². The van der Waals surface area contributed by atoms with Crippen LogP contribution in [0, 0.1) is 5.41 Å². The van der Waals surface area contributed by atoms with Crippen LogP contribution in [0.2, 0.25) is 0 Å². The van der Waals surface area contributed by atoms with Crippen molar-refractivity contribution >= 4 is 5.91 Å². The maximum atomic E-state index is 12.0. The van der Waals surface area contributed by atoms with Crippen LogP contribution in [0.4, 0.5) is 0 Å². The molecule has 1 saturated carbocycles. The van der Waals surface area contributed by atoms with Gasteiger partial charge >= 0.3 is 0 Å². The highest BCUT2D eigenvalue weighted by Gasteiger charge is 2.42. The first kappa shape index (κ1) is 11.1. The molecule has 0 atom stereocenters. The fourth-order valence-electron chi connectivity index (χ4n) is 1.89. The summed E-state index contributed by atoms with van der Waals surface area (Å²) in [6, 6.07) is 3.56. The lowest BCUT2D eigenvalue weighted by molar-refractivity contribution is 0.0766. The summed E-state index contributed by atoms with van der Waals surface area (Å²) in [5, 5.41) is 0. The topological polar surface area (TPSA) is 59.2 Å². The van der Waals surface area contributed by atoms with Gasteiger partial charge in [0.25, 0.3) is 5.91 Å². The Morgan fingerprint density at radius 3 is 2.88 bits per heavy atom. The highest BCUT2D eigenvalue weighted by molar-refractivity contribution is 5.93. The average Bonchev–Trinajstić information content (AvgIpc) is 3.09. The average molecular weight is 219 g/mol. The molecule has 1 aliphatic carbocycles. The van der Waals surface area contributed by atoms with Crippen LogP contribution in [0.25, 0.3) is 0 Å². The van der Waals surface area contributed by atoms with Gasteiger partial charge in [0.15, 0.2) is 0 Å². The Balaban J connectivity index is 2.00. The van der Waals surface area contributed by atoms with Gasteiger partial charge in [-0.25, -0.2) is 0 Å². The molecule has 2 rings (SSSR count). The molecule has 86 valence electrons. The monoisotopic (exact) mass is 219 g/mol. The van der Waals surface area contributed by atoms with Crippen molar-refractivity contribution < 1.29 is 4.79 Å². The summed E-state index contributed by atoms with van der Waals surface area (Å²) >= 11 is 0. The van der Waals surface area contributed by atoms with Gasteiger partial charge in [-0.05, 0) is 31.5 Å². The summed E-state index contributed by atoms with van der Waals surface area (Å²) in [4.78, 5) is 17.7. The Morgan fingerprint density at radius 2 is 2.38 bits per heavy atom. The van der Waals surface area contributed by atoms with E-state index >= 15 is 0 Å². The molecule has 0 aromatic carbocycles. The van der Waals surface area contributed by atoms with Gasteiger partial charge in [0, 0.05) is 31.4 Å². The Bertz CT molecular complexity index is 373. The molecule has 1 amide bonds. The van der Waals surface area contributed by atoms with Gasteiger partial charge in [-0.15, -0.1) is 0 Å². The predicted octanol–water partition coefficient (Wildman–Crippen LogP) is 0.892. The first-order valence-electron chi connectivity index (χ1n) is 5.52. The lowest BCUT2D eigenvalue weighted by Crippen LogP contribution is -2.35. The summed E-state index contributed by atoms with van der Waals surface area (Å²) in [5.41, 5.74) is 6.53. The number of nitrogens with zero attached hydrogens (tertiary/aromatic N) is 2. The van der Waals surface area contributed by atoms with E-state index in [1.165, 1.54) is 0 Å². The maximum Gasteiger partial charge on any atom is 0.255 e. The van der Waals surface area contributed by atoms with Crippen LogP contribution in [0.5, 0.6) is 0 Å². The van der Waals surface area contributed by atoms with E-state index in [2.05, 4.69) is 4.98 Å². The molecule has 0 aliphatic heterocycles. The molecule has 0 bridgehead atoms. The molecule has 1 aromatic rings. The van der Waals surface area contributed by atoms with Crippen molar-refractivity contribution in [3.05, 3.63) is 30.1 Å². The van der Waals surface area contributed by atoms with Crippen LogP contribution in [-0.2, 0) is 0 Å². The summed E-state index contributed by atoms with van der Waals surface area (Å²) in [6.45, 7) is 1.41. The fourth-order valence-corrected chi connectivity index (χ4v) is 1.89. The lowest BCUT2D eigenvalue weighted by Gasteiger charge is -2.22. The normalized spacial score (nSPS) is 16.9. The van der Waals surface area contributed by atoms with Crippen LogP contribution < -0.4 is 5.73 Å². The van der Waals surface area contributed by atoms with Crippen LogP contribution in [0.1, 0.15) is 23.2 Å². The first-order valence-corrected chi connectivity index (χ1v) is 5.52. The number of carbonyl (C=O) groups is 1. The Hall–Kier alpha value is -1.42. The molecule has 1 aromatic heterocycles. The smallest absolute Gasteiger partial charge is 0.255 e. The molecule has 1 heterocycles. The van der Waals surface area contributed by atoms with Crippen molar-refractivity contribution in [2.24, 2.45) is 11.1 Å². The molecule has 2 N–H and O–H groups in total. The summed E-state index contributed by atoms with van der Waals surface area (Å²) in [7, 11) is 1.82. The minimum atomic E-state index is 0.0211. The molecule has 0 saturated heterocycles. The summed E-state index contributed by atoms with van der Waals surface area (Å²) in [5.74, 6) is 0.0211. The standard InChI is InChI=1S/C12H17N3O/c1-15(9-12(8-13)4-5-12)11(16)10-3-2-6-14-7-10/h2-3,6-7H,4-5,8-9,13H2,1H3. The number of carbonyl (C=O) groups excluding carboxylic acids is 1. The number of aromatic nitrogens is 1. The number of rotatable bonds is 4. The van der Waals surface area contributed by atoms with E-state index in [1.807, 2.05) is 7.05 Å². The molecule has 1 aliphatic rings. The molecule has 1 fully saturated rings. The second-order valence-corrected chi connectivity index (χ2v) is 4.61. The van der Waals surface area contributed by atoms with E-state index < -0.39 is 0 Å². The van der Waals surface area contributed by atoms with Crippen LogP contribution in [0.15, 0.2) is 24.5 Å². The van der Waals surface area contributed by atoms with Crippen molar-refractivity contribution in [1.29, 1.82) is 0 Å². The van der Waals surface area contributed by atoms with Crippen LogP contribution in [-0.4, -0.2) is 35.9 Å². The molecule has 0 radical (unpaired) electrons. The first-order chi connectivity index (χ1) is 7.67. The Morgan fingerprint density at radius 1 is 1.62 bits per heavy atom. The fraction of sp³-hybridized carbons (Fsp3) is 0.500. The second-order valence-electron chi connectivity index (χ2n) is 4.61. The van der Waals surface area contributed by atoms with Gasteiger partial charge in [0.2, 0.25) is 0 Å². The van der Waals surface area contributed by atoms with E-state index in [0.717, 1.165) is 19.4 Å². The van der Waals surface area contributed by atoms with Crippen LogP contribution in [0.3, 0.4) is 0 Å². The van der Waals surface area contributed by atoms with Gasteiger partial charge in [-0.1, -0.05) is 0 Å². The van der Waals surface area contributed by atoms with E-state index in [9.17, 15) is 4.79 Å². The van der Waals surface area contributed by atoms with Crippen molar-refractivity contribution in [3.63, 3.8) is 0 Å². The molecule has 16 heavy (non-hydrogen) atoms. The van der Waals surface area contributed by atoms with Gasteiger partial charge in [0.1, 0.15) is 0 Å². The van der Waals surface area contributed by atoms with E-state index in [4.69, 9.17) is 5.73 Å². The molecular weight excluding hydrogens is 202 g/mol. The predicted molar refractivity (Wildman–Crippen MR) is 61.9 cm³/mol. The zero-order valence-corrected chi connectivity index (χ0v) is 9.52. The molecule has 0 spiro atoms. The van der Waals surface area contributed by atoms with Gasteiger partial charge in [-0.3, -0.25) is 9.78 Å². The van der Waals surface area contributed by atoms with Crippen molar-refractivity contribution in [3.8, 4) is 0 Å². The quantitative estimate of drug-likeness (QED) is 0.818. The summed E-state index contributed by atoms with van der Waals surface area (Å²) < 4.78 is 0. The highest BCUT2D eigenvalue weighted by atomic mass is 16.2. The summed E-state index contributed by atoms with van der Waals surface area (Å²) in [6.07, 6.45) is 5.53. The maximum absolute atomic E-state index is 12.0. The Kier molecular flexibility index (Phi) is 2.92. The number of pyridine rings is 1. The number of amides is 1. The van der Waals surface area contributed by atoms with E-state index in [1.54, 1.807) is 29.4 Å². The largest absolute Gasteiger partial charge is 0.341 e. The van der Waals surface area contributed by atoms with Crippen molar-refractivity contribution in [1.82, 2.24) is 9.88 Å². The van der Waals surface area contributed by atoms with E-state index in [0.29, 0.717) is 12.1 Å². The van der Waals surface area contributed by atoms with Gasteiger partial charge < -0.3 is 10.6 Å². The minimum absolute atomic E-state index is 0.0211. The SMILES string of the molecule is CN(CC1(CN)CC1)C(=O)c1cccnc1. The molecular formula is C12H17N3O. The zero-order chi connectivity index (χ0) is 11.6. The number of nitrogens with two attached hydrogens (primary N) is 1. The molecule has 0 unspecified atom stereocenters. The van der Waals surface area contributed by atoms with E-state index in [-0.39, 0.29) is 11.3 Å². The van der Waals surface area contributed by atoms with Gasteiger partial charge in [0.05, 0.1) is 5.56 Å². The minimum Gasteiger partial charge on any atom is -0.341 e. The number of hydrogen-bond donors (Lipinski definition) is 1. The lowest BCUT2D eigenvalue weighted by atomic mass is 10.1. The molecule has 4 nitrogen and oxygen atoms in total. The third-order valence-corrected chi connectivity index (χ3v) is 3.22. The highest BCUT2D eigenvalue weighted by Crippen LogP contribution is 2.44. The molecule has 4 heteroatoms.